The Morgan fingerprint density at radius 3 is 3.19 bits per heavy atom. The molecule has 0 radical (unpaired) electrons. The molecule has 3 heteroatoms. The molecule has 1 atom stereocenters. The van der Waals surface area contributed by atoms with E-state index in [0.29, 0.717) is 0 Å². The van der Waals surface area contributed by atoms with Gasteiger partial charge in [-0.25, -0.2) is 0 Å². The normalized spacial score (nSPS) is 22.2. The number of nitrogens with zero attached hydrogens (tertiary/aromatic N) is 2. The van der Waals surface area contributed by atoms with Crippen LogP contribution in [0.3, 0.4) is 0 Å². The Balaban J connectivity index is 1.77. The molecule has 0 spiro atoms. The van der Waals surface area contributed by atoms with Gasteiger partial charge in [-0.15, -0.1) is 0 Å². The van der Waals surface area contributed by atoms with Crippen molar-refractivity contribution in [2.24, 2.45) is 0 Å². The molecule has 0 amide bonds. The van der Waals surface area contributed by atoms with Crippen molar-refractivity contribution in [2.75, 3.05) is 25.4 Å². The van der Waals surface area contributed by atoms with Gasteiger partial charge in [-0.1, -0.05) is 13.0 Å². The van der Waals surface area contributed by atoms with Crippen molar-refractivity contribution >= 4 is 11.8 Å². The number of aromatic nitrogens is 1. The van der Waals surface area contributed by atoms with E-state index in [1.54, 1.807) is 0 Å². The Morgan fingerprint density at radius 2 is 2.44 bits per heavy atom. The first-order valence-electron chi connectivity index (χ1n) is 6.12. The minimum Gasteiger partial charge on any atom is -0.301 e. The van der Waals surface area contributed by atoms with E-state index in [1.165, 1.54) is 31.0 Å². The quantitative estimate of drug-likeness (QED) is 0.799. The van der Waals surface area contributed by atoms with Gasteiger partial charge in [0.1, 0.15) is 0 Å². The summed E-state index contributed by atoms with van der Waals surface area (Å²) in [6.45, 7) is 5.95. The van der Waals surface area contributed by atoms with Gasteiger partial charge in [0, 0.05) is 48.9 Å². The minimum atomic E-state index is 0.845. The average Bonchev–Trinajstić information content (AvgIpc) is 2.38. The van der Waals surface area contributed by atoms with E-state index in [-0.39, 0.29) is 0 Å². The fourth-order valence-electron chi connectivity index (χ4n) is 2.05. The van der Waals surface area contributed by atoms with Crippen LogP contribution < -0.4 is 0 Å². The molecule has 1 fully saturated rings. The Morgan fingerprint density at radius 1 is 1.50 bits per heavy atom. The summed E-state index contributed by atoms with van der Waals surface area (Å²) in [4.78, 5) is 6.95. The summed E-state index contributed by atoms with van der Waals surface area (Å²) in [5.74, 6) is 1.29. The fraction of sp³-hybridized carbons (Fsp3) is 0.615. The van der Waals surface area contributed by atoms with Crippen molar-refractivity contribution in [1.82, 2.24) is 9.88 Å². The topological polar surface area (TPSA) is 16.1 Å². The molecule has 1 aromatic heterocycles. The van der Waals surface area contributed by atoms with Gasteiger partial charge in [-0.05, 0) is 18.6 Å². The molecule has 2 rings (SSSR count). The SMILES string of the molecule is CCC1CN(CCc2ccccn2)CCS1. The summed E-state index contributed by atoms with van der Waals surface area (Å²) >= 11 is 2.13. The molecule has 1 saturated heterocycles. The lowest BCUT2D eigenvalue weighted by molar-refractivity contribution is 0.284. The lowest BCUT2D eigenvalue weighted by atomic mass is 10.2. The molecule has 88 valence electrons. The smallest absolute Gasteiger partial charge is 0.0416 e. The Hall–Kier alpha value is -0.540. The van der Waals surface area contributed by atoms with Gasteiger partial charge in [0.15, 0.2) is 0 Å². The standard InChI is InChI=1S/C13H20N2S/c1-2-13-11-15(9-10-16-13)8-6-12-5-3-4-7-14-12/h3-5,7,13H,2,6,8-11H2,1H3. The average molecular weight is 236 g/mol. The highest BCUT2D eigenvalue weighted by Crippen LogP contribution is 2.20. The van der Waals surface area contributed by atoms with E-state index in [2.05, 4.69) is 40.7 Å². The second-order valence-corrected chi connectivity index (χ2v) is 5.68. The van der Waals surface area contributed by atoms with Gasteiger partial charge in [-0.3, -0.25) is 4.98 Å². The third kappa shape index (κ3) is 3.49. The van der Waals surface area contributed by atoms with Crippen molar-refractivity contribution in [3.8, 4) is 0 Å². The van der Waals surface area contributed by atoms with Crippen LogP contribution in [0.2, 0.25) is 0 Å². The zero-order valence-electron chi connectivity index (χ0n) is 9.93. The monoisotopic (exact) mass is 236 g/mol. The van der Waals surface area contributed by atoms with E-state index in [1.807, 2.05) is 12.3 Å². The first-order chi connectivity index (χ1) is 7.88. The number of pyridine rings is 1. The maximum absolute atomic E-state index is 4.37. The second kappa shape index (κ2) is 6.26. The highest BCUT2D eigenvalue weighted by Gasteiger charge is 2.18. The van der Waals surface area contributed by atoms with E-state index in [4.69, 9.17) is 0 Å². The van der Waals surface area contributed by atoms with E-state index < -0.39 is 0 Å². The highest BCUT2D eigenvalue weighted by molar-refractivity contribution is 8.00. The van der Waals surface area contributed by atoms with Crippen molar-refractivity contribution in [1.29, 1.82) is 0 Å². The molecule has 0 aromatic carbocycles. The molecular weight excluding hydrogens is 216 g/mol. The molecule has 2 nitrogen and oxygen atoms in total. The molecule has 0 saturated carbocycles. The molecule has 1 unspecified atom stereocenters. The van der Waals surface area contributed by atoms with Crippen molar-refractivity contribution in [3.05, 3.63) is 30.1 Å². The van der Waals surface area contributed by atoms with Crippen molar-refractivity contribution in [2.45, 2.75) is 25.0 Å². The zero-order valence-corrected chi connectivity index (χ0v) is 10.7. The van der Waals surface area contributed by atoms with Crippen molar-refractivity contribution < 1.29 is 0 Å². The molecule has 1 aliphatic rings. The predicted molar refractivity (Wildman–Crippen MR) is 70.9 cm³/mol. The summed E-state index contributed by atoms with van der Waals surface area (Å²) in [6.07, 6.45) is 4.27. The molecule has 0 aliphatic carbocycles. The van der Waals surface area contributed by atoms with Gasteiger partial charge in [0.2, 0.25) is 0 Å². The van der Waals surface area contributed by atoms with Gasteiger partial charge >= 0.3 is 0 Å². The van der Waals surface area contributed by atoms with Gasteiger partial charge in [-0.2, -0.15) is 11.8 Å². The van der Waals surface area contributed by atoms with E-state index >= 15 is 0 Å². The van der Waals surface area contributed by atoms with E-state index in [0.717, 1.165) is 18.2 Å². The van der Waals surface area contributed by atoms with Crippen LogP contribution in [-0.2, 0) is 6.42 Å². The lowest BCUT2D eigenvalue weighted by Crippen LogP contribution is -2.38. The van der Waals surface area contributed by atoms with Crippen molar-refractivity contribution in [3.63, 3.8) is 0 Å². The number of rotatable bonds is 4. The van der Waals surface area contributed by atoms with E-state index in [9.17, 15) is 0 Å². The first-order valence-corrected chi connectivity index (χ1v) is 7.17. The van der Waals surface area contributed by atoms with Crippen LogP contribution in [0.4, 0.5) is 0 Å². The first kappa shape index (κ1) is 11.9. The van der Waals surface area contributed by atoms with Crippen LogP contribution in [0, 0.1) is 0 Å². The van der Waals surface area contributed by atoms with Gasteiger partial charge in [0.05, 0.1) is 0 Å². The Kier molecular flexibility index (Phi) is 4.67. The lowest BCUT2D eigenvalue weighted by Gasteiger charge is -2.31. The number of thioether (sulfide) groups is 1. The maximum Gasteiger partial charge on any atom is 0.0416 e. The van der Waals surface area contributed by atoms with Gasteiger partial charge < -0.3 is 4.90 Å². The Labute approximate surface area is 102 Å². The summed E-state index contributed by atoms with van der Waals surface area (Å²) in [6, 6.07) is 6.17. The van der Waals surface area contributed by atoms with Crippen LogP contribution in [0.1, 0.15) is 19.0 Å². The minimum absolute atomic E-state index is 0.845. The predicted octanol–water partition coefficient (Wildman–Crippen LogP) is 2.45. The van der Waals surface area contributed by atoms with Crippen LogP contribution in [0.5, 0.6) is 0 Å². The van der Waals surface area contributed by atoms with Crippen LogP contribution in [0.15, 0.2) is 24.4 Å². The summed E-state index contributed by atoms with van der Waals surface area (Å²) in [5.41, 5.74) is 1.22. The highest BCUT2D eigenvalue weighted by atomic mass is 32.2. The third-order valence-corrected chi connectivity index (χ3v) is 4.46. The largest absolute Gasteiger partial charge is 0.301 e. The molecule has 1 aliphatic heterocycles. The van der Waals surface area contributed by atoms with Crippen LogP contribution in [-0.4, -0.2) is 40.5 Å². The fourth-order valence-corrected chi connectivity index (χ4v) is 3.30. The summed E-state index contributed by atoms with van der Waals surface area (Å²) < 4.78 is 0. The molecular formula is C13H20N2S. The third-order valence-electron chi connectivity index (χ3n) is 3.09. The zero-order chi connectivity index (χ0) is 11.2. The molecule has 2 heterocycles. The summed E-state index contributed by atoms with van der Waals surface area (Å²) in [7, 11) is 0. The van der Waals surface area contributed by atoms with Crippen LogP contribution in [0.25, 0.3) is 0 Å². The van der Waals surface area contributed by atoms with Crippen LogP contribution >= 0.6 is 11.8 Å². The molecule has 0 N–H and O–H groups in total. The molecule has 0 bridgehead atoms. The second-order valence-electron chi connectivity index (χ2n) is 4.27. The molecule has 16 heavy (non-hydrogen) atoms. The summed E-state index contributed by atoms with van der Waals surface area (Å²) in [5, 5.41) is 0.845. The number of hydrogen-bond donors (Lipinski definition) is 0. The molecule has 1 aromatic rings. The van der Waals surface area contributed by atoms with Gasteiger partial charge in [0.25, 0.3) is 0 Å². The number of hydrogen-bond acceptors (Lipinski definition) is 3. The Bertz CT molecular complexity index is 302. The maximum atomic E-state index is 4.37.